The van der Waals surface area contributed by atoms with E-state index in [0.29, 0.717) is 12.2 Å². The third-order valence-electron chi connectivity index (χ3n) is 4.89. The molecule has 1 saturated heterocycles. The van der Waals surface area contributed by atoms with Gasteiger partial charge in [-0.05, 0) is 61.7 Å². The van der Waals surface area contributed by atoms with Crippen molar-refractivity contribution in [3.05, 3.63) is 72.3 Å². The van der Waals surface area contributed by atoms with Gasteiger partial charge in [-0.25, -0.2) is 9.67 Å². The molecule has 1 aliphatic rings. The van der Waals surface area contributed by atoms with Crippen LogP contribution in [0, 0.1) is 0 Å². The molecule has 1 aromatic heterocycles. The first-order chi connectivity index (χ1) is 13.3. The zero-order valence-corrected chi connectivity index (χ0v) is 15.3. The molecule has 6 heteroatoms. The molecule has 0 unspecified atom stereocenters. The Hall–Kier alpha value is -3.15. The number of ether oxygens (including phenoxy) is 1. The number of benzene rings is 2. The van der Waals surface area contributed by atoms with Crippen molar-refractivity contribution in [2.24, 2.45) is 0 Å². The standard InChI is InChI=1S/C21H22N4O2/c1-2-27-19-11-7-16(8-12-19)20-4-3-13-24(20)21(26)17-5-9-18(10-6-17)25-15-22-14-23-25/h5-12,14-15,20H,2-4,13H2,1H3/t20-/m1/s1. The number of nitrogens with zero attached hydrogens (tertiary/aromatic N) is 4. The van der Waals surface area contributed by atoms with Crippen molar-refractivity contribution >= 4 is 5.91 Å². The van der Waals surface area contributed by atoms with Gasteiger partial charge in [-0.3, -0.25) is 4.79 Å². The summed E-state index contributed by atoms with van der Waals surface area (Å²) in [7, 11) is 0. The number of amides is 1. The van der Waals surface area contributed by atoms with Gasteiger partial charge in [0.1, 0.15) is 18.4 Å². The number of aromatic nitrogens is 3. The van der Waals surface area contributed by atoms with Crippen LogP contribution >= 0.6 is 0 Å². The largest absolute Gasteiger partial charge is 0.494 e. The van der Waals surface area contributed by atoms with E-state index >= 15 is 0 Å². The molecule has 138 valence electrons. The van der Waals surface area contributed by atoms with Crippen LogP contribution in [0.5, 0.6) is 5.75 Å². The van der Waals surface area contributed by atoms with Gasteiger partial charge in [0.25, 0.3) is 5.91 Å². The lowest BCUT2D eigenvalue weighted by molar-refractivity contribution is 0.0735. The molecular weight excluding hydrogens is 340 g/mol. The molecule has 1 amide bonds. The first-order valence-electron chi connectivity index (χ1n) is 9.25. The molecule has 1 atom stereocenters. The van der Waals surface area contributed by atoms with Crippen molar-refractivity contribution in [1.29, 1.82) is 0 Å². The molecule has 0 N–H and O–H groups in total. The third-order valence-corrected chi connectivity index (χ3v) is 4.89. The van der Waals surface area contributed by atoms with Gasteiger partial charge in [0.2, 0.25) is 0 Å². The number of rotatable bonds is 5. The monoisotopic (exact) mass is 362 g/mol. The number of carbonyl (C=O) groups is 1. The van der Waals surface area contributed by atoms with Gasteiger partial charge < -0.3 is 9.64 Å². The highest BCUT2D eigenvalue weighted by Gasteiger charge is 2.30. The average Bonchev–Trinajstić information content (AvgIpc) is 3.41. The lowest BCUT2D eigenvalue weighted by Gasteiger charge is -2.25. The lowest BCUT2D eigenvalue weighted by atomic mass is 10.0. The summed E-state index contributed by atoms with van der Waals surface area (Å²) in [5.74, 6) is 0.928. The second kappa shape index (κ2) is 7.61. The SMILES string of the molecule is CCOc1ccc([C@H]2CCCN2C(=O)c2ccc(-n3cncn3)cc2)cc1. The normalized spacial score (nSPS) is 16.5. The second-order valence-electron chi connectivity index (χ2n) is 6.55. The molecule has 27 heavy (non-hydrogen) atoms. The molecule has 3 aromatic rings. The molecule has 0 aliphatic carbocycles. The first kappa shape index (κ1) is 17.3. The summed E-state index contributed by atoms with van der Waals surface area (Å²) in [5, 5.41) is 4.11. The van der Waals surface area contributed by atoms with E-state index in [1.165, 1.54) is 6.33 Å². The summed E-state index contributed by atoms with van der Waals surface area (Å²) in [6.45, 7) is 3.40. The van der Waals surface area contributed by atoms with Crippen LogP contribution in [0.3, 0.4) is 0 Å². The highest BCUT2D eigenvalue weighted by molar-refractivity contribution is 5.94. The number of hydrogen-bond acceptors (Lipinski definition) is 4. The smallest absolute Gasteiger partial charge is 0.254 e. The minimum absolute atomic E-state index is 0.0662. The molecule has 4 rings (SSSR count). The molecule has 0 saturated carbocycles. The van der Waals surface area contributed by atoms with Gasteiger partial charge >= 0.3 is 0 Å². The predicted octanol–water partition coefficient (Wildman–Crippen LogP) is 3.64. The van der Waals surface area contributed by atoms with Crippen molar-refractivity contribution in [3.63, 3.8) is 0 Å². The van der Waals surface area contributed by atoms with Crippen molar-refractivity contribution < 1.29 is 9.53 Å². The Labute approximate surface area is 158 Å². The second-order valence-corrected chi connectivity index (χ2v) is 6.55. The molecule has 2 heterocycles. The number of likely N-dealkylation sites (tertiary alicyclic amines) is 1. The van der Waals surface area contributed by atoms with Gasteiger partial charge in [0.15, 0.2) is 0 Å². The quantitative estimate of drug-likeness (QED) is 0.695. The van der Waals surface area contributed by atoms with Crippen LogP contribution in [-0.2, 0) is 0 Å². The Kier molecular flexibility index (Phi) is 4.87. The Bertz CT molecular complexity index is 889. The number of hydrogen-bond donors (Lipinski definition) is 0. The Morgan fingerprint density at radius 1 is 1.15 bits per heavy atom. The van der Waals surface area contributed by atoms with Crippen LogP contribution in [0.1, 0.15) is 41.7 Å². The van der Waals surface area contributed by atoms with Gasteiger partial charge in [-0.1, -0.05) is 12.1 Å². The molecule has 0 spiro atoms. The fourth-order valence-electron chi connectivity index (χ4n) is 3.57. The fourth-order valence-corrected chi connectivity index (χ4v) is 3.57. The van der Waals surface area contributed by atoms with E-state index in [2.05, 4.69) is 22.2 Å². The van der Waals surface area contributed by atoms with Crippen LogP contribution < -0.4 is 4.74 Å². The third kappa shape index (κ3) is 3.56. The fraction of sp³-hybridized carbons (Fsp3) is 0.286. The predicted molar refractivity (Wildman–Crippen MR) is 102 cm³/mol. The summed E-state index contributed by atoms with van der Waals surface area (Å²) < 4.78 is 7.19. The van der Waals surface area contributed by atoms with E-state index in [1.807, 2.05) is 48.2 Å². The van der Waals surface area contributed by atoms with Crippen molar-refractivity contribution in [2.45, 2.75) is 25.8 Å². The molecule has 0 radical (unpaired) electrons. The molecule has 1 fully saturated rings. The van der Waals surface area contributed by atoms with E-state index < -0.39 is 0 Å². The van der Waals surface area contributed by atoms with E-state index in [-0.39, 0.29) is 11.9 Å². The molecule has 2 aromatic carbocycles. The summed E-state index contributed by atoms with van der Waals surface area (Å²) in [6.07, 6.45) is 5.13. The van der Waals surface area contributed by atoms with Crippen molar-refractivity contribution in [1.82, 2.24) is 19.7 Å². The minimum atomic E-state index is 0.0662. The maximum atomic E-state index is 13.1. The highest BCUT2D eigenvalue weighted by atomic mass is 16.5. The Morgan fingerprint density at radius 2 is 1.93 bits per heavy atom. The molecular formula is C21H22N4O2. The average molecular weight is 362 g/mol. The van der Waals surface area contributed by atoms with E-state index in [0.717, 1.165) is 36.4 Å². The Morgan fingerprint density at radius 3 is 2.59 bits per heavy atom. The van der Waals surface area contributed by atoms with Crippen LogP contribution in [0.2, 0.25) is 0 Å². The van der Waals surface area contributed by atoms with Gasteiger partial charge in [-0.15, -0.1) is 0 Å². The zero-order chi connectivity index (χ0) is 18.6. The van der Waals surface area contributed by atoms with Gasteiger partial charge in [-0.2, -0.15) is 5.10 Å². The lowest BCUT2D eigenvalue weighted by Crippen LogP contribution is -2.30. The summed E-state index contributed by atoms with van der Waals surface area (Å²) in [6, 6.07) is 15.7. The topological polar surface area (TPSA) is 60.2 Å². The molecule has 0 bridgehead atoms. The van der Waals surface area contributed by atoms with E-state index in [9.17, 15) is 4.79 Å². The highest BCUT2D eigenvalue weighted by Crippen LogP contribution is 2.34. The van der Waals surface area contributed by atoms with Crippen molar-refractivity contribution in [2.75, 3.05) is 13.2 Å². The summed E-state index contributed by atoms with van der Waals surface area (Å²) in [5.41, 5.74) is 2.73. The summed E-state index contributed by atoms with van der Waals surface area (Å²) >= 11 is 0. The van der Waals surface area contributed by atoms with Crippen LogP contribution in [0.15, 0.2) is 61.2 Å². The maximum Gasteiger partial charge on any atom is 0.254 e. The van der Waals surface area contributed by atoms with E-state index in [4.69, 9.17) is 4.74 Å². The minimum Gasteiger partial charge on any atom is -0.494 e. The Balaban J connectivity index is 1.52. The van der Waals surface area contributed by atoms with E-state index in [1.54, 1.807) is 11.0 Å². The van der Waals surface area contributed by atoms with Gasteiger partial charge in [0.05, 0.1) is 18.3 Å². The van der Waals surface area contributed by atoms with Crippen molar-refractivity contribution in [3.8, 4) is 11.4 Å². The zero-order valence-electron chi connectivity index (χ0n) is 15.3. The first-order valence-corrected chi connectivity index (χ1v) is 9.25. The van der Waals surface area contributed by atoms with Crippen LogP contribution in [-0.4, -0.2) is 38.7 Å². The summed E-state index contributed by atoms with van der Waals surface area (Å²) in [4.78, 5) is 19.0. The van der Waals surface area contributed by atoms with Crippen LogP contribution in [0.4, 0.5) is 0 Å². The van der Waals surface area contributed by atoms with Crippen LogP contribution in [0.25, 0.3) is 5.69 Å². The van der Waals surface area contributed by atoms with Gasteiger partial charge in [0, 0.05) is 12.1 Å². The maximum absolute atomic E-state index is 13.1. The number of carbonyl (C=O) groups excluding carboxylic acids is 1. The molecule has 1 aliphatic heterocycles. The molecule has 6 nitrogen and oxygen atoms in total.